The van der Waals surface area contributed by atoms with Gasteiger partial charge in [-0.3, -0.25) is 0 Å². The summed E-state index contributed by atoms with van der Waals surface area (Å²) in [6, 6.07) is 0. The van der Waals surface area contributed by atoms with Gasteiger partial charge in [-0.15, -0.1) is 0 Å². The van der Waals surface area contributed by atoms with Gasteiger partial charge in [0.25, 0.3) is 0 Å². The van der Waals surface area contributed by atoms with Gasteiger partial charge in [-0.2, -0.15) is 5.01 Å². The fourth-order valence-corrected chi connectivity index (χ4v) is 0.530. The molecule has 0 N–H and O–H groups in total. The first-order chi connectivity index (χ1) is 4.20. The van der Waals surface area contributed by atoms with Crippen molar-refractivity contribution < 1.29 is 4.92 Å². The first kappa shape index (κ1) is 6.00. The minimum absolute atomic E-state index is 0.0440. The average molecular weight is 127 g/mol. The lowest BCUT2D eigenvalue weighted by Crippen LogP contribution is -2.07. The van der Waals surface area contributed by atoms with Gasteiger partial charge in [0.1, 0.15) is 6.54 Å². The molecule has 0 spiro atoms. The fourth-order valence-electron chi connectivity index (χ4n) is 0.530. The van der Waals surface area contributed by atoms with Gasteiger partial charge in [0, 0.05) is 12.1 Å². The zero-order valence-corrected chi connectivity index (χ0v) is 4.87. The molecule has 0 atom stereocenters. The zero-order chi connectivity index (χ0) is 6.85. The third-order valence-corrected chi connectivity index (χ3v) is 0.942. The highest BCUT2D eigenvalue weighted by Crippen LogP contribution is 2.06. The molecule has 1 aliphatic heterocycles. The average Bonchev–Trinajstić information content (AvgIpc) is 2.14. The van der Waals surface area contributed by atoms with Crippen molar-refractivity contribution in [2.45, 2.75) is 6.42 Å². The Morgan fingerprint density at radius 1 is 2.00 bits per heavy atom. The van der Waals surface area contributed by atoms with Crippen LogP contribution in [0.25, 0.3) is 0 Å². The third-order valence-electron chi connectivity index (χ3n) is 0.942. The molecule has 0 amide bonds. The maximum atomic E-state index is 9.96. The molecule has 0 bridgehead atoms. The molecule has 1 rings (SSSR count). The lowest BCUT2D eigenvalue weighted by atomic mass is 10.4. The van der Waals surface area contributed by atoms with Crippen molar-refractivity contribution in [1.29, 1.82) is 0 Å². The molecule has 48 valence electrons. The predicted octanol–water partition coefficient (Wildman–Crippen LogP) is -0.0491. The van der Waals surface area contributed by atoms with Crippen LogP contribution in [0.3, 0.4) is 0 Å². The molecule has 5 heteroatoms. The molecule has 0 aliphatic carbocycles. The van der Waals surface area contributed by atoms with Gasteiger partial charge >= 0.3 is 5.84 Å². The normalized spacial score (nSPS) is 17.9. The van der Waals surface area contributed by atoms with Crippen molar-refractivity contribution in [3.8, 4) is 0 Å². The summed E-state index contributed by atoms with van der Waals surface area (Å²) in [7, 11) is 1.61. The maximum absolute atomic E-state index is 9.96. The molecule has 0 saturated heterocycles. The standard InChI is InChI=1S/C4H5N3O2/c1-6-3-2-4(5-6)7(8)9/h2H2,1H3. The maximum Gasteiger partial charge on any atom is 0.366 e. The summed E-state index contributed by atoms with van der Waals surface area (Å²) >= 11 is 0. The summed E-state index contributed by atoms with van der Waals surface area (Å²) in [5.74, 6) is -0.0440. The van der Waals surface area contributed by atoms with Gasteiger partial charge < -0.3 is 10.1 Å². The Labute approximate surface area is 52.1 Å². The van der Waals surface area contributed by atoms with Crippen molar-refractivity contribution >= 4 is 5.84 Å². The number of hydrogen-bond acceptors (Lipinski definition) is 4. The lowest BCUT2D eigenvalue weighted by Gasteiger charge is -1.89. The van der Waals surface area contributed by atoms with Crippen molar-refractivity contribution in [1.82, 2.24) is 5.01 Å². The van der Waals surface area contributed by atoms with Crippen molar-refractivity contribution in [3.05, 3.63) is 16.7 Å². The van der Waals surface area contributed by atoms with Crippen molar-refractivity contribution in [3.63, 3.8) is 0 Å². The number of hydrogen-bond donors (Lipinski definition) is 0. The molecule has 2 radical (unpaired) electrons. The van der Waals surface area contributed by atoms with Crippen LogP contribution in [-0.4, -0.2) is 22.8 Å². The molecular formula is C4H5N3O2. The van der Waals surface area contributed by atoms with Crippen LogP contribution in [0.1, 0.15) is 6.42 Å². The van der Waals surface area contributed by atoms with Crippen LogP contribution in [0.4, 0.5) is 0 Å². The highest BCUT2D eigenvalue weighted by molar-refractivity contribution is 5.76. The molecule has 9 heavy (non-hydrogen) atoms. The SMILES string of the molecule is CN1[C]CC([N+](=O)[O-])=N1. The van der Waals surface area contributed by atoms with E-state index in [4.69, 9.17) is 0 Å². The summed E-state index contributed by atoms with van der Waals surface area (Å²) in [4.78, 5) is 9.45. The Morgan fingerprint density at radius 2 is 2.67 bits per heavy atom. The number of rotatable bonds is 0. The summed E-state index contributed by atoms with van der Waals surface area (Å²) in [6.07, 6.45) is 0.212. The van der Waals surface area contributed by atoms with Crippen LogP contribution in [0.15, 0.2) is 5.10 Å². The molecular weight excluding hydrogens is 122 g/mol. The second-order valence-electron chi connectivity index (χ2n) is 1.63. The van der Waals surface area contributed by atoms with E-state index in [1.54, 1.807) is 7.05 Å². The van der Waals surface area contributed by atoms with E-state index < -0.39 is 4.92 Å². The van der Waals surface area contributed by atoms with E-state index in [0.29, 0.717) is 0 Å². The number of hydrazone groups is 1. The largest absolute Gasteiger partial charge is 0.366 e. The minimum atomic E-state index is -0.503. The molecule has 0 aromatic heterocycles. The van der Waals surface area contributed by atoms with Crippen LogP contribution >= 0.6 is 0 Å². The monoisotopic (exact) mass is 127 g/mol. The summed E-state index contributed by atoms with van der Waals surface area (Å²) in [5.41, 5.74) is 0. The highest BCUT2D eigenvalue weighted by atomic mass is 16.6. The van der Waals surface area contributed by atoms with E-state index >= 15 is 0 Å². The molecule has 1 aliphatic rings. The van der Waals surface area contributed by atoms with Gasteiger partial charge in [0.15, 0.2) is 0 Å². The van der Waals surface area contributed by atoms with Crippen molar-refractivity contribution in [2.24, 2.45) is 5.10 Å². The van der Waals surface area contributed by atoms with Gasteiger partial charge in [-0.1, -0.05) is 0 Å². The summed E-state index contributed by atoms with van der Waals surface area (Å²) in [5, 5.41) is 14.8. The molecule has 1 heterocycles. The quantitative estimate of drug-likeness (QED) is 0.338. The van der Waals surface area contributed by atoms with Crippen molar-refractivity contribution in [2.75, 3.05) is 7.05 Å². The molecule has 0 fully saturated rings. The first-order valence-electron chi connectivity index (χ1n) is 2.39. The van der Waals surface area contributed by atoms with E-state index in [1.165, 1.54) is 5.01 Å². The molecule has 0 aromatic rings. The second kappa shape index (κ2) is 2.00. The molecule has 5 nitrogen and oxygen atoms in total. The van der Waals surface area contributed by atoms with Crippen LogP contribution < -0.4 is 0 Å². The predicted molar refractivity (Wildman–Crippen MR) is 30.1 cm³/mol. The Bertz CT molecular complexity index is 165. The second-order valence-corrected chi connectivity index (χ2v) is 1.63. The lowest BCUT2D eigenvalue weighted by molar-refractivity contribution is -0.352. The first-order valence-corrected chi connectivity index (χ1v) is 2.39. The van der Waals surface area contributed by atoms with Crippen LogP contribution in [0.5, 0.6) is 0 Å². The summed E-state index contributed by atoms with van der Waals surface area (Å²) in [6.45, 7) is 2.64. The van der Waals surface area contributed by atoms with E-state index in [0.717, 1.165) is 0 Å². The Hall–Kier alpha value is -1.13. The molecule has 0 saturated carbocycles. The number of nitro groups is 1. The number of nitrogens with zero attached hydrogens (tertiary/aromatic N) is 3. The topological polar surface area (TPSA) is 58.7 Å². The Balaban J connectivity index is 2.62. The van der Waals surface area contributed by atoms with Gasteiger partial charge in [-0.25, -0.2) is 0 Å². The van der Waals surface area contributed by atoms with E-state index in [-0.39, 0.29) is 12.3 Å². The highest BCUT2D eigenvalue weighted by Gasteiger charge is 2.23. The summed E-state index contributed by atoms with van der Waals surface area (Å²) < 4.78 is 0. The zero-order valence-electron chi connectivity index (χ0n) is 4.87. The van der Waals surface area contributed by atoms with Crippen LogP contribution in [0, 0.1) is 16.7 Å². The van der Waals surface area contributed by atoms with Gasteiger partial charge in [-0.05, 0) is 4.92 Å². The van der Waals surface area contributed by atoms with E-state index in [9.17, 15) is 10.1 Å². The van der Waals surface area contributed by atoms with Crippen LogP contribution in [0.2, 0.25) is 0 Å². The van der Waals surface area contributed by atoms with E-state index in [2.05, 4.69) is 11.6 Å². The van der Waals surface area contributed by atoms with Gasteiger partial charge in [0.05, 0.1) is 6.42 Å². The minimum Gasteiger partial charge on any atom is -0.358 e. The van der Waals surface area contributed by atoms with E-state index in [1.807, 2.05) is 0 Å². The number of amidine groups is 1. The molecule has 0 unspecified atom stereocenters. The Morgan fingerprint density at radius 3 is 2.89 bits per heavy atom. The van der Waals surface area contributed by atoms with Gasteiger partial charge in [0.2, 0.25) is 0 Å². The fraction of sp³-hybridized carbons (Fsp3) is 0.500. The van der Waals surface area contributed by atoms with Crippen LogP contribution in [-0.2, 0) is 0 Å². The Kier molecular flexibility index (Phi) is 1.33. The molecule has 0 aromatic carbocycles. The third kappa shape index (κ3) is 1.16. The smallest absolute Gasteiger partial charge is 0.358 e.